The number of rotatable bonds is 6. The first-order chi connectivity index (χ1) is 9.19. The second-order valence-corrected chi connectivity index (χ2v) is 5.81. The van der Waals surface area contributed by atoms with E-state index >= 15 is 0 Å². The van der Waals surface area contributed by atoms with Crippen LogP contribution in [0.3, 0.4) is 0 Å². The van der Waals surface area contributed by atoms with E-state index in [0.29, 0.717) is 12.1 Å². The lowest BCUT2D eigenvalue weighted by Gasteiger charge is -2.33. The van der Waals surface area contributed by atoms with E-state index in [1.807, 2.05) is 13.0 Å². The lowest BCUT2D eigenvalue weighted by molar-refractivity contribution is 0.187. The van der Waals surface area contributed by atoms with Crippen LogP contribution in [0.5, 0.6) is 0 Å². The first-order valence-electron chi connectivity index (χ1n) is 7.73. The summed E-state index contributed by atoms with van der Waals surface area (Å²) >= 11 is 0. The monoisotopic (exact) mass is 264 g/mol. The van der Waals surface area contributed by atoms with Gasteiger partial charge in [-0.3, -0.25) is 0 Å². The van der Waals surface area contributed by atoms with E-state index in [9.17, 15) is 0 Å². The van der Waals surface area contributed by atoms with Gasteiger partial charge in [0.05, 0.1) is 6.04 Å². The minimum Gasteiger partial charge on any atom is -0.465 e. The van der Waals surface area contributed by atoms with Crippen LogP contribution in [0.4, 0.5) is 0 Å². The highest BCUT2D eigenvalue weighted by Crippen LogP contribution is 2.19. The maximum absolute atomic E-state index is 5.69. The van der Waals surface area contributed by atoms with Crippen LogP contribution < -0.4 is 5.32 Å². The van der Waals surface area contributed by atoms with Crippen molar-refractivity contribution in [2.24, 2.45) is 0 Å². The predicted octanol–water partition coefficient (Wildman–Crippen LogP) is 3.50. The Morgan fingerprint density at radius 3 is 2.68 bits per heavy atom. The number of hydrogen-bond donors (Lipinski definition) is 1. The molecule has 0 aliphatic carbocycles. The molecular formula is C16H28N2O. The zero-order chi connectivity index (χ0) is 13.7. The van der Waals surface area contributed by atoms with Crippen molar-refractivity contribution in [1.82, 2.24) is 10.2 Å². The molecule has 0 saturated carbocycles. The van der Waals surface area contributed by atoms with Gasteiger partial charge in [-0.25, -0.2) is 0 Å². The predicted molar refractivity (Wildman–Crippen MR) is 79.4 cm³/mol. The van der Waals surface area contributed by atoms with E-state index in [0.717, 1.165) is 11.5 Å². The molecule has 3 heteroatoms. The molecule has 0 bridgehead atoms. The van der Waals surface area contributed by atoms with Gasteiger partial charge in [-0.1, -0.05) is 13.3 Å². The van der Waals surface area contributed by atoms with E-state index in [2.05, 4.69) is 30.1 Å². The number of hydrogen-bond acceptors (Lipinski definition) is 3. The van der Waals surface area contributed by atoms with Gasteiger partial charge < -0.3 is 14.6 Å². The van der Waals surface area contributed by atoms with Gasteiger partial charge in [0.25, 0.3) is 0 Å². The Morgan fingerprint density at radius 1 is 1.37 bits per heavy atom. The van der Waals surface area contributed by atoms with Gasteiger partial charge in [0.1, 0.15) is 11.5 Å². The van der Waals surface area contributed by atoms with Crippen LogP contribution in [0.2, 0.25) is 0 Å². The molecule has 108 valence electrons. The molecule has 0 amide bonds. The highest BCUT2D eigenvalue weighted by atomic mass is 16.3. The summed E-state index contributed by atoms with van der Waals surface area (Å²) in [5.41, 5.74) is 0. The van der Waals surface area contributed by atoms with E-state index in [1.54, 1.807) is 0 Å². The summed E-state index contributed by atoms with van der Waals surface area (Å²) in [6.07, 6.45) is 5.15. The van der Waals surface area contributed by atoms with Crippen molar-refractivity contribution in [3.8, 4) is 0 Å². The number of nitrogens with zero attached hydrogens (tertiary/aromatic N) is 1. The molecule has 2 heterocycles. The van der Waals surface area contributed by atoms with Crippen LogP contribution >= 0.6 is 0 Å². The molecule has 1 fully saturated rings. The highest BCUT2D eigenvalue weighted by molar-refractivity contribution is 5.09. The molecule has 1 saturated heterocycles. The maximum Gasteiger partial charge on any atom is 0.120 e. The van der Waals surface area contributed by atoms with E-state index in [4.69, 9.17) is 4.42 Å². The summed E-state index contributed by atoms with van der Waals surface area (Å²) in [5.74, 6) is 2.06. The molecule has 19 heavy (non-hydrogen) atoms. The second kappa shape index (κ2) is 7.11. The van der Waals surface area contributed by atoms with E-state index < -0.39 is 0 Å². The number of nitrogens with one attached hydrogen (secondary N) is 1. The topological polar surface area (TPSA) is 28.4 Å². The van der Waals surface area contributed by atoms with Crippen molar-refractivity contribution in [2.45, 2.75) is 58.5 Å². The van der Waals surface area contributed by atoms with Gasteiger partial charge in [0.15, 0.2) is 0 Å². The molecule has 1 N–H and O–H groups in total. The average molecular weight is 264 g/mol. The smallest absolute Gasteiger partial charge is 0.120 e. The fraction of sp³-hybridized carbons (Fsp3) is 0.750. The average Bonchev–Trinajstić information content (AvgIpc) is 2.85. The molecule has 1 aliphatic rings. The summed E-state index contributed by atoms with van der Waals surface area (Å²) in [6, 6.07) is 5.09. The van der Waals surface area contributed by atoms with Gasteiger partial charge in [0.2, 0.25) is 0 Å². The normalized spacial score (nSPS) is 19.7. The van der Waals surface area contributed by atoms with Crippen molar-refractivity contribution in [3.05, 3.63) is 23.7 Å². The molecule has 1 aromatic heterocycles. The van der Waals surface area contributed by atoms with Crippen LogP contribution in [0.25, 0.3) is 0 Å². The van der Waals surface area contributed by atoms with Gasteiger partial charge in [0, 0.05) is 6.04 Å². The standard InChI is InChI=1S/C16H28N2O/c1-4-5-10-18-11-8-15(9-12-18)17-14(3)16-7-6-13(2)19-16/h6-7,14-15,17H,4-5,8-12H2,1-3H3. The lowest BCUT2D eigenvalue weighted by Crippen LogP contribution is -2.43. The molecule has 3 nitrogen and oxygen atoms in total. The molecule has 2 rings (SSSR count). The van der Waals surface area contributed by atoms with Crippen molar-refractivity contribution in [1.29, 1.82) is 0 Å². The summed E-state index contributed by atoms with van der Waals surface area (Å²) in [4.78, 5) is 2.60. The summed E-state index contributed by atoms with van der Waals surface area (Å²) in [5, 5.41) is 3.70. The molecule has 1 aliphatic heterocycles. The SMILES string of the molecule is CCCCN1CCC(NC(C)c2ccc(C)o2)CC1. The zero-order valence-corrected chi connectivity index (χ0v) is 12.6. The minimum atomic E-state index is 0.320. The van der Waals surface area contributed by atoms with Crippen LogP contribution in [0.1, 0.15) is 57.1 Å². The molecule has 1 atom stereocenters. The Morgan fingerprint density at radius 2 is 2.11 bits per heavy atom. The number of furan rings is 1. The number of piperidine rings is 1. The van der Waals surface area contributed by atoms with Gasteiger partial charge in [-0.05, 0) is 64.9 Å². The highest BCUT2D eigenvalue weighted by Gasteiger charge is 2.21. The van der Waals surface area contributed by atoms with Crippen molar-refractivity contribution < 1.29 is 4.42 Å². The first kappa shape index (κ1) is 14.6. The van der Waals surface area contributed by atoms with Crippen LogP contribution in [-0.2, 0) is 0 Å². The Bertz CT molecular complexity index is 367. The third-order valence-corrected chi connectivity index (χ3v) is 4.09. The third kappa shape index (κ3) is 4.36. The van der Waals surface area contributed by atoms with Gasteiger partial charge in [-0.2, -0.15) is 0 Å². The Kier molecular flexibility index (Phi) is 5.46. The second-order valence-electron chi connectivity index (χ2n) is 5.81. The molecular weight excluding hydrogens is 236 g/mol. The Hall–Kier alpha value is -0.800. The van der Waals surface area contributed by atoms with Crippen LogP contribution in [-0.4, -0.2) is 30.6 Å². The molecule has 1 aromatic rings. The Labute approximate surface area is 117 Å². The lowest BCUT2D eigenvalue weighted by atomic mass is 10.0. The summed E-state index contributed by atoms with van der Waals surface area (Å²) in [7, 11) is 0. The van der Waals surface area contributed by atoms with E-state index in [1.165, 1.54) is 45.3 Å². The quantitative estimate of drug-likeness (QED) is 0.852. The van der Waals surface area contributed by atoms with Crippen molar-refractivity contribution in [2.75, 3.05) is 19.6 Å². The number of unbranched alkanes of at least 4 members (excludes halogenated alkanes) is 1. The Balaban J connectivity index is 1.73. The van der Waals surface area contributed by atoms with Crippen LogP contribution in [0, 0.1) is 6.92 Å². The van der Waals surface area contributed by atoms with E-state index in [-0.39, 0.29) is 0 Å². The van der Waals surface area contributed by atoms with Gasteiger partial charge >= 0.3 is 0 Å². The zero-order valence-electron chi connectivity index (χ0n) is 12.6. The molecule has 1 unspecified atom stereocenters. The minimum absolute atomic E-state index is 0.320. The molecule has 0 aromatic carbocycles. The summed E-state index contributed by atoms with van der Waals surface area (Å²) < 4.78 is 5.69. The maximum atomic E-state index is 5.69. The number of likely N-dealkylation sites (tertiary alicyclic amines) is 1. The summed E-state index contributed by atoms with van der Waals surface area (Å²) in [6.45, 7) is 10.2. The van der Waals surface area contributed by atoms with Crippen molar-refractivity contribution in [3.63, 3.8) is 0 Å². The fourth-order valence-electron chi connectivity index (χ4n) is 2.83. The van der Waals surface area contributed by atoms with Crippen LogP contribution in [0.15, 0.2) is 16.5 Å². The first-order valence-corrected chi connectivity index (χ1v) is 7.73. The largest absolute Gasteiger partial charge is 0.465 e. The number of aryl methyl sites for hydroxylation is 1. The fourth-order valence-corrected chi connectivity index (χ4v) is 2.83. The van der Waals surface area contributed by atoms with Crippen molar-refractivity contribution >= 4 is 0 Å². The molecule has 0 spiro atoms. The van der Waals surface area contributed by atoms with Gasteiger partial charge in [-0.15, -0.1) is 0 Å². The molecule has 0 radical (unpaired) electrons. The third-order valence-electron chi connectivity index (χ3n) is 4.09.